The van der Waals surface area contributed by atoms with Gasteiger partial charge in [0.05, 0.1) is 6.20 Å². The molecule has 0 saturated heterocycles. The van der Waals surface area contributed by atoms with Crippen LogP contribution in [0.5, 0.6) is 0 Å². The molecule has 1 unspecified atom stereocenters. The topological polar surface area (TPSA) is 60.9 Å². The predicted molar refractivity (Wildman–Crippen MR) is 70.3 cm³/mol. The number of rotatable bonds is 3. The summed E-state index contributed by atoms with van der Waals surface area (Å²) in [5, 5.41) is 0. The minimum atomic E-state index is -1.04. The third-order valence-corrected chi connectivity index (χ3v) is 3.30. The van der Waals surface area contributed by atoms with Crippen LogP contribution < -0.4 is 5.73 Å². The van der Waals surface area contributed by atoms with Crippen molar-refractivity contribution in [3.05, 3.63) is 53.6 Å². The van der Waals surface area contributed by atoms with Crippen LogP contribution in [0.4, 0.5) is 0 Å². The van der Waals surface area contributed by atoms with Crippen LogP contribution in [0.2, 0.25) is 0 Å². The van der Waals surface area contributed by atoms with E-state index in [1.165, 1.54) is 0 Å². The van der Waals surface area contributed by atoms with Gasteiger partial charge in [-0.3, -0.25) is 4.79 Å². The first kappa shape index (κ1) is 12.5. The zero-order valence-corrected chi connectivity index (χ0v) is 10.8. The molecule has 0 saturated carbocycles. The average Bonchev–Trinajstić information content (AvgIpc) is 2.70. The molecule has 0 radical (unpaired) electrons. The normalized spacial score (nSPS) is 14.2. The van der Waals surface area contributed by atoms with Gasteiger partial charge >= 0.3 is 0 Å². The number of hydrogen-bond acceptors (Lipinski definition) is 3. The van der Waals surface area contributed by atoms with E-state index >= 15 is 0 Å². The number of ketones is 1. The van der Waals surface area contributed by atoms with Gasteiger partial charge in [0, 0.05) is 7.05 Å². The van der Waals surface area contributed by atoms with Gasteiger partial charge in [0.15, 0.2) is 0 Å². The highest BCUT2D eigenvalue weighted by molar-refractivity contribution is 6.02. The van der Waals surface area contributed by atoms with Crippen LogP contribution in [0.25, 0.3) is 0 Å². The fourth-order valence-corrected chi connectivity index (χ4v) is 1.89. The number of benzene rings is 1. The molecule has 18 heavy (non-hydrogen) atoms. The minimum Gasteiger partial charge on any atom is -0.329 e. The maximum atomic E-state index is 12.5. The molecule has 1 aromatic heterocycles. The van der Waals surface area contributed by atoms with Crippen LogP contribution >= 0.6 is 0 Å². The van der Waals surface area contributed by atoms with E-state index in [2.05, 4.69) is 4.98 Å². The van der Waals surface area contributed by atoms with Crippen molar-refractivity contribution in [1.82, 2.24) is 9.55 Å². The maximum Gasteiger partial charge on any atom is 0.204 e. The summed E-state index contributed by atoms with van der Waals surface area (Å²) in [6, 6.07) is 9.38. The number of aromatic nitrogens is 2. The van der Waals surface area contributed by atoms with Crippen LogP contribution in [-0.2, 0) is 12.6 Å². The lowest BCUT2D eigenvalue weighted by Crippen LogP contribution is -2.42. The van der Waals surface area contributed by atoms with Crippen molar-refractivity contribution >= 4 is 5.78 Å². The molecule has 0 amide bonds. The van der Waals surface area contributed by atoms with Gasteiger partial charge in [-0.1, -0.05) is 30.3 Å². The van der Waals surface area contributed by atoms with Crippen molar-refractivity contribution in [3.63, 3.8) is 0 Å². The molecule has 2 aromatic rings. The van der Waals surface area contributed by atoms with Crippen molar-refractivity contribution in [2.75, 3.05) is 0 Å². The Morgan fingerprint density at radius 2 is 1.94 bits per heavy atom. The molecular formula is C14H17N3O. The number of hydrogen-bond donors (Lipinski definition) is 1. The molecule has 4 nitrogen and oxygen atoms in total. The number of imidazole rings is 1. The average molecular weight is 243 g/mol. The number of aryl methyl sites for hydroxylation is 1. The summed E-state index contributed by atoms with van der Waals surface area (Å²) >= 11 is 0. The lowest BCUT2D eigenvalue weighted by molar-refractivity contribution is 0.0891. The van der Waals surface area contributed by atoms with Gasteiger partial charge in [0.2, 0.25) is 5.78 Å². The summed E-state index contributed by atoms with van der Waals surface area (Å²) in [6.45, 7) is 3.58. The molecule has 0 spiro atoms. The lowest BCUT2D eigenvalue weighted by atomic mass is 9.87. The van der Waals surface area contributed by atoms with Crippen LogP contribution in [0.3, 0.4) is 0 Å². The summed E-state index contributed by atoms with van der Waals surface area (Å²) in [5.41, 5.74) is 6.49. The van der Waals surface area contributed by atoms with E-state index in [9.17, 15) is 4.79 Å². The fourth-order valence-electron chi connectivity index (χ4n) is 1.89. The summed E-state index contributed by atoms with van der Waals surface area (Å²) in [5.74, 6) is 0.666. The number of carbonyl (C=O) groups is 1. The van der Waals surface area contributed by atoms with Gasteiger partial charge in [-0.15, -0.1) is 0 Å². The predicted octanol–water partition coefficient (Wildman–Crippen LogP) is 1.79. The van der Waals surface area contributed by atoms with Gasteiger partial charge < -0.3 is 10.3 Å². The molecule has 94 valence electrons. The van der Waals surface area contributed by atoms with Gasteiger partial charge in [0.1, 0.15) is 17.1 Å². The minimum absolute atomic E-state index is 0.128. The third kappa shape index (κ3) is 1.95. The molecule has 2 N–H and O–H groups in total. The van der Waals surface area contributed by atoms with Crippen molar-refractivity contribution in [2.45, 2.75) is 19.4 Å². The van der Waals surface area contributed by atoms with E-state index in [0.717, 1.165) is 11.4 Å². The van der Waals surface area contributed by atoms with Crippen LogP contribution in [0.15, 0.2) is 36.5 Å². The number of nitrogens with two attached hydrogens (primary N) is 1. The zero-order chi connectivity index (χ0) is 13.3. The van der Waals surface area contributed by atoms with Crippen LogP contribution in [0, 0.1) is 6.92 Å². The molecule has 0 bridgehead atoms. The van der Waals surface area contributed by atoms with E-state index in [-0.39, 0.29) is 5.78 Å². The highest BCUT2D eigenvalue weighted by atomic mass is 16.1. The van der Waals surface area contributed by atoms with Gasteiger partial charge in [-0.2, -0.15) is 0 Å². The maximum absolute atomic E-state index is 12.5. The molecule has 4 heteroatoms. The van der Waals surface area contributed by atoms with E-state index in [1.54, 1.807) is 17.7 Å². The Labute approximate surface area is 106 Å². The molecule has 0 aliphatic carbocycles. The summed E-state index contributed by atoms with van der Waals surface area (Å²) < 4.78 is 1.76. The molecule has 1 heterocycles. The molecule has 0 fully saturated rings. The van der Waals surface area contributed by atoms with E-state index in [0.29, 0.717) is 5.69 Å². The molecule has 0 aliphatic heterocycles. The fraction of sp³-hybridized carbons (Fsp3) is 0.286. The molecule has 0 aliphatic rings. The second-order valence-corrected chi connectivity index (χ2v) is 4.65. The van der Waals surface area contributed by atoms with E-state index < -0.39 is 5.54 Å². The van der Waals surface area contributed by atoms with Gasteiger partial charge in [-0.25, -0.2) is 4.98 Å². The summed E-state index contributed by atoms with van der Waals surface area (Å²) in [6.07, 6.45) is 1.58. The quantitative estimate of drug-likeness (QED) is 0.836. The second kappa shape index (κ2) is 4.38. The number of Topliss-reactive ketones (excluding diaryl/α,β-unsaturated/α-hetero) is 1. The highest BCUT2D eigenvalue weighted by Crippen LogP contribution is 2.22. The Hall–Kier alpha value is -1.94. The first-order valence-corrected chi connectivity index (χ1v) is 5.82. The molecule has 1 atom stereocenters. The molecule has 2 rings (SSSR count). The van der Waals surface area contributed by atoms with Gasteiger partial charge in [0.25, 0.3) is 0 Å². The SMILES string of the molecule is Cc1ncc(C(=O)C(C)(N)c2ccccc2)n1C. The summed E-state index contributed by atoms with van der Waals surface area (Å²) in [4.78, 5) is 16.6. The van der Waals surface area contributed by atoms with Crippen LogP contribution in [-0.4, -0.2) is 15.3 Å². The zero-order valence-electron chi connectivity index (χ0n) is 10.8. The largest absolute Gasteiger partial charge is 0.329 e. The monoisotopic (exact) mass is 243 g/mol. The number of carbonyl (C=O) groups excluding carboxylic acids is 1. The van der Waals surface area contributed by atoms with Crippen molar-refractivity contribution in [3.8, 4) is 0 Å². The smallest absolute Gasteiger partial charge is 0.204 e. The lowest BCUT2D eigenvalue weighted by Gasteiger charge is -2.23. The van der Waals surface area contributed by atoms with Crippen molar-refractivity contribution < 1.29 is 4.79 Å². The Morgan fingerprint density at radius 3 is 2.44 bits per heavy atom. The van der Waals surface area contributed by atoms with Crippen LogP contribution in [0.1, 0.15) is 28.8 Å². The standard InChI is InChI=1S/C14H17N3O/c1-10-16-9-12(17(10)3)13(18)14(2,15)11-7-5-4-6-8-11/h4-9H,15H2,1-3H3. The van der Waals surface area contributed by atoms with Crippen molar-refractivity contribution in [1.29, 1.82) is 0 Å². The third-order valence-electron chi connectivity index (χ3n) is 3.30. The Bertz CT molecular complexity index is 570. The highest BCUT2D eigenvalue weighted by Gasteiger charge is 2.33. The van der Waals surface area contributed by atoms with E-state index in [4.69, 9.17) is 5.73 Å². The molecular weight excluding hydrogens is 226 g/mol. The Morgan fingerprint density at radius 1 is 1.33 bits per heavy atom. The van der Waals surface area contributed by atoms with Crippen molar-refractivity contribution in [2.24, 2.45) is 12.8 Å². The Balaban J connectivity index is 2.42. The number of nitrogens with zero attached hydrogens (tertiary/aromatic N) is 2. The molecule has 1 aromatic carbocycles. The second-order valence-electron chi connectivity index (χ2n) is 4.65. The Kier molecular flexibility index (Phi) is 3.05. The van der Waals surface area contributed by atoms with E-state index in [1.807, 2.05) is 44.3 Å². The first-order chi connectivity index (χ1) is 8.44. The van der Waals surface area contributed by atoms with Gasteiger partial charge in [-0.05, 0) is 19.4 Å². The first-order valence-electron chi connectivity index (χ1n) is 5.82. The summed E-state index contributed by atoms with van der Waals surface area (Å²) in [7, 11) is 1.82.